The molecule has 0 N–H and O–H groups in total. The summed E-state index contributed by atoms with van der Waals surface area (Å²) in [6, 6.07) is 6.66. The van der Waals surface area contributed by atoms with Crippen molar-refractivity contribution in [2.75, 3.05) is 0 Å². The van der Waals surface area contributed by atoms with Crippen LogP contribution in [0.4, 0.5) is 26.3 Å². The molecule has 17 heavy (non-hydrogen) atoms. The first-order chi connectivity index (χ1) is 7.21. The van der Waals surface area contributed by atoms with Gasteiger partial charge < -0.3 is 0 Å². The van der Waals surface area contributed by atoms with Crippen LogP contribution in [0.2, 0.25) is 0 Å². The van der Waals surface area contributed by atoms with E-state index in [1.807, 2.05) is 0 Å². The lowest BCUT2D eigenvalue weighted by Crippen LogP contribution is -2.47. The Balaban J connectivity index is 0.00000256. The molecule has 0 fully saturated rings. The van der Waals surface area contributed by atoms with Crippen LogP contribution in [0.1, 0.15) is 5.56 Å². The number of hydrogen-bond acceptors (Lipinski definition) is 1. The standard InChI is InChI=1S/C9H7F6N.ClH/c10-8(11,12)16(9(13,14)15)6-7-4-2-1-3-5-7;/h1-5H,6H2;1H. The molecule has 98 valence electrons. The fraction of sp³-hybridized carbons (Fsp3) is 0.333. The SMILES string of the molecule is Cl.FC(F)(F)N(Cc1ccccc1)C(F)(F)F. The number of hydrogen-bond donors (Lipinski definition) is 0. The van der Waals surface area contributed by atoms with Gasteiger partial charge in [0, 0.05) is 6.54 Å². The smallest absolute Gasteiger partial charge is 0.155 e. The van der Waals surface area contributed by atoms with Gasteiger partial charge in [0.2, 0.25) is 0 Å². The summed E-state index contributed by atoms with van der Waals surface area (Å²) in [5.74, 6) is 0. The monoisotopic (exact) mass is 279 g/mol. The fourth-order valence-electron chi connectivity index (χ4n) is 1.09. The molecule has 0 bridgehead atoms. The van der Waals surface area contributed by atoms with Crippen molar-refractivity contribution in [2.45, 2.75) is 19.1 Å². The summed E-state index contributed by atoms with van der Waals surface area (Å²) in [7, 11) is 0. The second kappa shape index (κ2) is 5.59. The van der Waals surface area contributed by atoms with Gasteiger partial charge in [0.05, 0.1) is 0 Å². The van der Waals surface area contributed by atoms with Crippen LogP contribution >= 0.6 is 12.4 Å². The molecular formula is C9H8ClF6N. The van der Waals surface area contributed by atoms with Gasteiger partial charge in [-0.3, -0.25) is 0 Å². The van der Waals surface area contributed by atoms with E-state index in [4.69, 9.17) is 0 Å². The third-order valence-electron chi connectivity index (χ3n) is 1.80. The fourth-order valence-corrected chi connectivity index (χ4v) is 1.09. The molecule has 0 amide bonds. The molecule has 0 radical (unpaired) electrons. The summed E-state index contributed by atoms with van der Waals surface area (Å²) in [6.07, 6.45) is -10.9. The van der Waals surface area contributed by atoms with Crippen molar-refractivity contribution in [2.24, 2.45) is 0 Å². The molecule has 8 heteroatoms. The highest BCUT2D eigenvalue weighted by Gasteiger charge is 2.53. The van der Waals surface area contributed by atoms with E-state index in [0.29, 0.717) is 0 Å². The highest BCUT2D eigenvalue weighted by molar-refractivity contribution is 5.85. The lowest BCUT2D eigenvalue weighted by atomic mass is 10.2. The highest BCUT2D eigenvalue weighted by atomic mass is 35.5. The average molecular weight is 280 g/mol. The first-order valence-electron chi connectivity index (χ1n) is 4.16. The van der Waals surface area contributed by atoms with E-state index in [0.717, 1.165) is 0 Å². The maximum atomic E-state index is 12.1. The van der Waals surface area contributed by atoms with Crippen molar-refractivity contribution in [1.82, 2.24) is 4.90 Å². The van der Waals surface area contributed by atoms with E-state index >= 15 is 0 Å². The summed E-state index contributed by atoms with van der Waals surface area (Å²) < 4.78 is 72.6. The van der Waals surface area contributed by atoms with Crippen molar-refractivity contribution >= 4 is 12.4 Å². The minimum absolute atomic E-state index is 0. The number of benzene rings is 1. The lowest BCUT2D eigenvalue weighted by Gasteiger charge is -2.26. The van der Waals surface area contributed by atoms with Gasteiger partial charge in [0.1, 0.15) is 0 Å². The van der Waals surface area contributed by atoms with E-state index in [1.54, 1.807) is 0 Å². The van der Waals surface area contributed by atoms with Gasteiger partial charge in [-0.25, -0.2) is 0 Å². The molecule has 0 heterocycles. The summed E-state index contributed by atoms with van der Waals surface area (Å²) in [4.78, 5) is -1.46. The summed E-state index contributed by atoms with van der Waals surface area (Å²) in [6.45, 7) is -1.24. The first-order valence-corrected chi connectivity index (χ1v) is 4.16. The highest BCUT2D eigenvalue weighted by Crippen LogP contribution is 2.34. The van der Waals surface area contributed by atoms with E-state index in [1.165, 1.54) is 30.3 Å². The van der Waals surface area contributed by atoms with Crippen molar-refractivity contribution < 1.29 is 26.3 Å². The third kappa shape index (κ3) is 4.82. The summed E-state index contributed by atoms with van der Waals surface area (Å²) in [5, 5.41) is 0. The van der Waals surface area contributed by atoms with Crippen LogP contribution in [0, 0.1) is 0 Å². The zero-order valence-corrected chi connectivity index (χ0v) is 9.03. The van der Waals surface area contributed by atoms with Crippen molar-refractivity contribution in [3.05, 3.63) is 35.9 Å². The maximum absolute atomic E-state index is 12.1. The Morgan fingerprint density at radius 3 is 1.59 bits per heavy atom. The maximum Gasteiger partial charge on any atom is 0.467 e. The molecule has 0 aliphatic rings. The van der Waals surface area contributed by atoms with Crippen LogP contribution in [0.15, 0.2) is 30.3 Å². The van der Waals surface area contributed by atoms with Crippen molar-refractivity contribution in [3.63, 3.8) is 0 Å². The molecule has 0 atom stereocenters. The Morgan fingerprint density at radius 2 is 1.24 bits per heavy atom. The molecular weight excluding hydrogens is 272 g/mol. The molecule has 0 spiro atoms. The normalized spacial score (nSPS) is 12.4. The number of rotatable bonds is 2. The number of halogens is 7. The largest absolute Gasteiger partial charge is 0.467 e. The Labute approximate surface area is 99.4 Å². The molecule has 0 unspecified atom stereocenters. The molecule has 1 nitrogen and oxygen atoms in total. The number of alkyl halides is 6. The van der Waals surface area contributed by atoms with Gasteiger partial charge in [-0.15, -0.1) is 17.3 Å². The van der Waals surface area contributed by atoms with Crippen LogP contribution in [0.25, 0.3) is 0 Å². The zero-order chi connectivity index (χ0) is 12.4. The Bertz CT molecular complexity index is 320. The molecule has 0 aromatic heterocycles. The van der Waals surface area contributed by atoms with Crippen LogP contribution in [0.3, 0.4) is 0 Å². The van der Waals surface area contributed by atoms with Crippen LogP contribution in [-0.4, -0.2) is 17.5 Å². The van der Waals surface area contributed by atoms with Gasteiger partial charge in [-0.2, -0.15) is 26.3 Å². The van der Waals surface area contributed by atoms with Gasteiger partial charge in [0.15, 0.2) is 0 Å². The molecule has 1 rings (SSSR count). The molecule has 0 aliphatic carbocycles. The number of nitrogens with zero attached hydrogens (tertiary/aromatic N) is 1. The van der Waals surface area contributed by atoms with Crippen molar-refractivity contribution in [1.29, 1.82) is 0 Å². The van der Waals surface area contributed by atoms with Gasteiger partial charge in [-0.1, -0.05) is 30.3 Å². The predicted octanol–water partition coefficient (Wildman–Crippen LogP) is 3.95. The van der Waals surface area contributed by atoms with Gasteiger partial charge in [-0.05, 0) is 5.56 Å². The van der Waals surface area contributed by atoms with Crippen LogP contribution in [0.5, 0.6) is 0 Å². The minimum Gasteiger partial charge on any atom is -0.155 e. The zero-order valence-electron chi connectivity index (χ0n) is 8.22. The Morgan fingerprint density at radius 1 is 0.824 bits per heavy atom. The molecule has 1 aromatic carbocycles. The summed E-state index contributed by atoms with van der Waals surface area (Å²) >= 11 is 0. The third-order valence-corrected chi connectivity index (χ3v) is 1.80. The van der Waals surface area contributed by atoms with Crippen molar-refractivity contribution in [3.8, 4) is 0 Å². The van der Waals surface area contributed by atoms with E-state index in [-0.39, 0.29) is 18.0 Å². The predicted molar refractivity (Wildman–Crippen MR) is 51.3 cm³/mol. The van der Waals surface area contributed by atoms with Gasteiger partial charge >= 0.3 is 12.6 Å². The second-order valence-corrected chi connectivity index (χ2v) is 3.01. The topological polar surface area (TPSA) is 3.24 Å². The van der Waals surface area contributed by atoms with E-state index in [2.05, 4.69) is 0 Å². The van der Waals surface area contributed by atoms with Gasteiger partial charge in [0.25, 0.3) is 0 Å². The molecule has 0 saturated heterocycles. The Kier molecular flexibility index (Phi) is 5.28. The van der Waals surface area contributed by atoms with Crippen LogP contribution < -0.4 is 0 Å². The van der Waals surface area contributed by atoms with Crippen LogP contribution in [-0.2, 0) is 6.54 Å². The molecule has 0 aliphatic heterocycles. The Hall–Kier alpha value is -0.950. The van der Waals surface area contributed by atoms with E-state index in [9.17, 15) is 26.3 Å². The second-order valence-electron chi connectivity index (χ2n) is 3.01. The average Bonchev–Trinajstić information content (AvgIpc) is 2.12. The van der Waals surface area contributed by atoms with E-state index < -0.39 is 24.0 Å². The lowest BCUT2D eigenvalue weighted by molar-refractivity contribution is -0.377. The minimum atomic E-state index is -5.44. The first kappa shape index (κ1) is 16.1. The molecule has 1 aromatic rings. The summed E-state index contributed by atoms with van der Waals surface area (Å²) in [5.41, 5.74) is -0.0582. The quantitative estimate of drug-likeness (QED) is 0.585. The molecule has 0 saturated carbocycles.